The van der Waals surface area contributed by atoms with Crippen molar-refractivity contribution in [1.82, 2.24) is 4.90 Å². The number of benzene rings is 2. The molecule has 3 heterocycles. The van der Waals surface area contributed by atoms with Gasteiger partial charge in [-0.3, -0.25) is 4.79 Å². The molecule has 3 saturated heterocycles. The molecular formula is C23H25N3O3S. The van der Waals surface area contributed by atoms with Crippen molar-refractivity contribution < 1.29 is 14.6 Å². The van der Waals surface area contributed by atoms with Gasteiger partial charge >= 0.3 is 5.97 Å². The van der Waals surface area contributed by atoms with E-state index in [1.165, 1.54) is 0 Å². The Labute approximate surface area is 181 Å². The third-order valence-electron chi connectivity index (χ3n) is 6.48. The maximum absolute atomic E-state index is 12.6. The number of fused-ring (bicyclic) bond motifs is 2. The van der Waals surface area contributed by atoms with Gasteiger partial charge in [0.2, 0.25) is 0 Å². The SMILES string of the molecule is CN(C)c1ccc(N2C(=S)N(Cc3ccccc3)C3C4OC(=O)C(CC4O)C32)cc1. The number of carbonyl (C=O) groups excluding carboxylic acids is 1. The highest BCUT2D eigenvalue weighted by atomic mass is 32.1. The topological polar surface area (TPSA) is 56.2 Å². The molecule has 7 heteroatoms. The molecule has 1 saturated carbocycles. The van der Waals surface area contributed by atoms with E-state index in [2.05, 4.69) is 46.2 Å². The molecule has 3 aliphatic heterocycles. The third-order valence-corrected chi connectivity index (χ3v) is 6.91. The van der Waals surface area contributed by atoms with Crippen molar-refractivity contribution in [2.75, 3.05) is 23.9 Å². The van der Waals surface area contributed by atoms with E-state index in [0.717, 1.165) is 16.9 Å². The van der Waals surface area contributed by atoms with Gasteiger partial charge in [-0.05, 0) is 48.5 Å². The average Bonchev–Trinajstić information content (AvgIpc) is 3.03. The molecule has 5 unspecified atom stereocenters. The van der Waals surface area contributed by atoms with Crippen molar-refractivity contribution in [2.24, 2.45) is 5.92 Å². The summed E-state index contributed by atoms with van der Waals surface area (Å²) in [4.78, 5) is 18.9. The molecule has 4 aliphatic rings. The fourth-order valence-corrected chi connectivity index (χ4v) is 5.45. The summed E-state index contributed by atoms with van der Waals surface area (Å²) in [6.45, 7) is 0.612. The van der Waals surface area contributed by atoms with E-state index in [0.29, 0.717) is 18.1 Å². The number of aliphatic hydroxyl groups excluding tert-OH is 1. The number of esters is 1. The number of rotatable bonds is 4. The summed E-state index contributed by atoms with van der Waals surface area (Å²) in [5.41, 5.74) is 3.19. The minimum atomic E-state index is -0.661. The number of carbonyl (C=O) groups is 1. The second kappa shape index (κ2) is 7.25. The molecule has 0 radical (unpaired) electrons. The summed E-state index contributed by atoms with van der Waals surface area (Å²) >= 11 is 5.95. The molecule has 0 spiro atoms. The maximum atomic E-state index is 12.6. The van der Waals surface area contributed by atoms with E-state index < -0.39 is 18.1 Å². The van der Waals surface area contributed by atoms with Crippen LogP contribution in [0.2, 0.25) is 0 Å². The average molecular weight is 424 g/mol. The minimum absolute atomic E-state index is 0.138. The van der Waals surface area contributed by atoms with Crippen molar-refractivity contribution in [3.05, 3.63) is 60.2 Å². The summed E-state index contributed by atoms with van der Waals surface area (Å²) in [5, 5.41) is 11.3. The zero-order chi connectivity index (χ0) is 21.0. The molecule has 2 aromatic rings. The summed E-state index contributed by atoms with van der Waals surface area (Å²) < 4.78 is 5.64. The van der Waals surface area contributed by atoms with Crippen LogP contribution in [-0.4, -0.2) is 59.5 Å². The molecule has 30 heavy (non-hydrogen) atoms. The van der Waals surface area contributed by atoms with Gasteiger partial charge in [0, 0.05) is 32.0 Å². The highest BCUT2D eigenvalue weighted by Gasteiger charge is 2.62. The van der Waals surface area contributed by atoms with Crippen LogP contribution in [-0.2, 0) is 16.1 Å². The summed E-state index contributed by atoms with van der Waals surface area (Å²) in [7, 11) is 4.01. The van der Waals surface area contributed by atoms with Crippen LogP contribution in [0, 0.1) is 5.92 Å². The van der Waals surface area contributed by atoms with Crippen molar-refractivity contribution in [3.8, 4) is 0 Å². The number of aliphatic hydroxyl groups is 1. The lowest BCUT2D eigenvalue weighted by Gasteiger charge is -2.49. The van der Waals surface area contributed by atoms with E-state index >= 15 is 0 Å². The summed E-state index contributed by atoms with van der Waals surface area (Å²) in [6.07, 6.45) is -0.815. The van der Waals surface area contributed by atoms with Crippen molar-refractivity contribution in [3.63, 3.8) is 0 Å². The molecule has 156 valence electrons. The Hall–Kier alpha value is -2.64. The second-order valence-electron chi connectivity index (χ2n) is 8.47. The molecule has 4 fully saturated rings. The van der Waals surface area contributed by atoms with Gasteiger partial charge in [-0.2, -0.15) is 0 Å². The van der Waals surface area contributed by atoms with Gasteiger partial charge in [0.15, 0.2) is 5.11 Å². The van der Waals surface area contributed by atoms with Crippen LogP contribution in [0.5, 0.6) is 0 Å². The highest BCUT2D eigenvalue weighted by Crippen LogP contribution is 2.46. The van der Waals surface area contributed by atoms with Gasteiger partial charge < -0.3 is 24.5 Å². The molecular weight excluding hydrogens is 398 g/mol. The number of hydrogen-bond acceptors (Lipinski definition) is 5. The Balaban J connectivity index is 1.55. The van der Waals surface area contributed by atoms with E-state index in [1.54, 1.807) is 0 Å². The van der Waals surface area contributed by atoms with E-state index in [9.17, 15) is 9.90 Å². The lowest BCUT2D eigenvalue weighted by Crippen LogP contribution is -2.66. The Morgan fingerprint density at radius 1 is 1.10 bits per heavy atom. The van der Waals surface area contributed by atoms with Gasteiger partial charge in [-0.25, -0.2) is 0 Å². The molecule has 0 aromatic heterocycles. The molecule has 2 aromatic carbocycles. The maximum Gasteiger partial charge on any atom is 0.311 e. The first kappa shape index (κ1) is 19.3. The van der Waals surface area contributed by atoms with Crippen LogP contribution in [0.1, 0.15) is 12.0 Å². The predicted octanol–water partition coefficient (Wildman–Crippen LogP) is 2.40. The Kier molecular flexibility index (Phi) is 4.67. The van der Waals surface area contributed by atoms with Crippen LogP contribution in [0.15, 0.2) is 54.6 Å². The van der Waals surface area contributed by atoms with E-state index in [1.807, 2.05) is 37.2 Å². The Morgan fingerprint density at radius 3 is 2.47 bits per heavy atom. The lowest BCUT2D eigenvalue weighted by molar-refractivity contribution is -0.194. The van der Waals surface area contributed by atoms with Crippen LogP contribution < -0.4 is 9.80 Å². The van der Waals surface area contributed by atoms with Gasteiger partial charge in [-0.15, -0.1) is 0 Å². The Morgan fingerprint density at radius 2 is 1.80 bits per heavy atom. The molecule has 6 nitrogen and oxygen atoms in total. The number of ether oxygens (including phenoxy) is 1. The predicted molar refractivity (Wildman–Crippen MR) is 119 cm³/mol. The van der Waals surface area contributed by atoms with Gasteiger partial charge in [0.25, 0.3) is 0 Å². The van der Waals surface area contributed by atoms with E-state index in [-0.39, 0.29) is 18.1 Å². The lowest BCUT2D eigenvalue weighted by atomic mass is 9.74. The smallest absolute Gasteiger partial charge is 0.311 e. The minimum Gasteiger partial charge on any atom is -0.457 e. The zero-order valence-electron chi connectivity index (χ0n) is 17.0. The fraction of sp³-hybridized carbons (Fsp3) is 0.391. The third kappa shape index (κ3) is 2.96. The highest BCUT2D eigenvalue weighted by molar-refractivity contribution is 7.80. The molecule has 0 amide bonds. The normalized spacial score (nSPS) is 29.8. The van der Waals surface area contributed by atoms with Crippen molar-refractivity contribution >= 4 is 34.7 Å². The van der Waals surface area contributed by atoms with Gasteiger partial charge in [0.1, 0.15) is 6.10 Å². The Bertz CT molecular complexity index is 965. The zero-order valence-corrected chi connectivity index (χ0v) is 17.8. The quantitative estimate of drug-likeness (QED) is 0.599. The van der Waals surface area contributed by atoms with Crippen LogP contribution in [0.4, 0.5) is 11.4 Å². The van der Waals surface area contributed by atoms with Crippen LogP contribution in [0.3, 0.4) is 0 Å². The van der Waals surface area contributed by atoms with Crippen LogP contribution in [0.25, 0.3) is 0 Å². The molecule has 1 aliphatic carbocycles. The van der Waals surface area contributed by atoms with Gasteiger partial charge in [0.05, 0.1) is 24.1 Å². The second-order valence-corrected chi connectivity index (χ2v) is 8.83. The largest absolute Gasteiger partial charge is 0.457 e. The number of anilines is 2. The molecule has 1 N–H and O–H groups in total. The van der Waals surface area contributed by atoms with Crippen molar-refractivity contribution in [2.45, 2.75) is 37.3 Å². The van der Waals surface area contributed by atoms with Crippen molar-refractivity contribution in [1.29, 1.82) is 0 Å². The fourth-order valence-electron chi connectivity index (χ4n) is 5.03. The summed E-state index contributed by atoms with van der Waals surface area (Å²) in [5.74, 6) is -0.631. The number of hydrogen-bond donors (Lipinski definition) is 1. The first-order valence-corrected chi connectivity index (χ1v) is 10.7. The number of nitrogens with zero attached hydrogens (tertiary/aromatic N) is 3. The molecule has 5 atom stereocenters. The standard InChI is InChI=1S/C23H25N3O3S/c1-24(2)15-8-10-16(11-9-15)26-19-17-12-18(27)21(29-22(17)28)20(19)25(23(26)30)13-14-6-4-3-5-7-14/h3-11,17-21,27H,12-13H2,1-2H3. The monoisotopic (exact) mass is 423 g/mol. The van der Waals surface area contributed by atoms with Crippen LogP contribution >= 0.6 is 12.2 Å². The number of thiocarbonyl (C=S) groups is 1. The van der Waals surface area contributed by atoms with E-state index in [4.69, 9.17) is 17.0 Å². The molecule has 6 rings (SSSR count). The summed E-state index contributed by atoms with van der Waals surface area (Å²) in [6, 6.07) is 18.0. The molecule has 2 bridgehead atoms. The first-order chi connectivity index (χ1) is 14.5. The first-order valence-electron chi connectivity index (χ1n) is 10.3. The van der Waals surface area contributed by atoms with Gasteiger partial charge in [-0.1, -0.05) is 30.3 Å².